The summed E-state index contributed by atoms with van der Waals surface area (Å²) in [6, 6.07) is 17.9. The molecule has 0 spiro atoms. The van der Waals surface area contributed by atoms with Gasteiger partial charge < -0.3 is 14.9 Å². The van der Waals surface area contributed by atoms with Gasteiger partial charge in [0.25, 0.3) is 11.7 Å². The summed E-state index contributed by atoms with van der Waals surface area (Å²) in [6.07, 6.45) is 0. The largest absolute Gasteiger partial charge is 0.508 e. The third-order valence-corrected chi connectivity index (χ3v) is 5.91. The van der Waals surface area contributed by atoms with E-state index in [1.54, 1.807) is 61.5 Å². The molecule has 1 unspecified atom stereocenters. The Morgan fingerprint density at radius 2 is 1.71 bits per heavy atom. The lowest BCUT2D eigenvalue weighted by Gasteiger charge is -2.26. The van der Waals surface area contributed by atoms with Gasteiger partial charge in [-0.3, -0.25) is 14.5 Å². The molecule has 0 aromatic heterocycles. The molecule has 1 amide bonds. The third kappa shape index (κ3) is 4.32. The number of aromatic hydroxyl groups is 1. The van der Waals surface area contributed by atoms with Crippen molar-refractivity contribution in [3.63, 3.8) is 0 Å². The maximum atomic E-state index is 13.2. The molecule has 34 heavy (non-hydrogen) atoms. The molecule has 7 nitrogen and oxygen atoms in total. The van der Waals surface area contributed by atoms with Crippen LogP contribution < -0.4 is 4.90 Å². The molecule has 1 fully saturated rings. The summed E-state index contributed by atoms with van der Waals surface area (Å²) in [5.74, 6) is -2.72. The zero-order chi connectivity index (χ0) is 24.4. The van der Waals surface area contributed by atoms with Crippen LogP contribution in [0.2, 0.25) is 0 Å². The van der Waals surface area contributed by atoms with Crippen molar-refractivity contribution in [2.45, 2.75) is 13.0 Å². The molecule has 0 saturated carbocycles. The first-order chi connectivity index (χ1) is 16.3. The van der Waals surface area contributed by atoms with Crippen molar-refractivity contribution in [2.24, 2.45) is 0 Å². The zero-order valence-corrected chi connectivity index (χ0v) is 19.7. The van der Waals surface area contributed by atoms with Gasteiger partial charge in [-0.2, -0.15) is 0 Å². The summed E-state index contributed by atoms with van der Waals surface area (Å²) >= 11 is 3.33. The maximum Gasteiger partial charge on any atom is 0.338 e. The number of carbonyl (C=O) groups excluding carboxylic acids is 3. The smallest absolute Gasteiger partial charge is 0.338 e. The predicted octanol–water partition coefficient (Wildman–Crippen LogP) is 4.96. The molecule has 4 rings (SSSR count). The number of phenolic OH excluding ortho intramolecular Hbond substituents is 1. The van der Waals surface area contributed by atoms with E-state index in [9.17, 15) is 24.6 Å². The zero-order valence-electron chi connectivity index (χ0n) is 18.1. The van der Waals surface area contributed by atoms with Crippen LogP contribution in [0, 0.1) is 0 Å². The first-order valence-corrected chi connectivity index (χ1v) is 11.2. The van der Waals surface area contributed by atoms with Crippen molar-refractivity contribution in [2.75, 3.05) is 11.5 Å². The van der Waals surface area contributed by atoms with Gasteiger partial charge in [0.2, 0.25) is 0 Å². The number of benzene rings is 3. The van der Waals surface area contributed by atoms with E-state index in [0.29, 0.717) is 11.1 Å². The van der Waals surface area contributed by atoms with Crippen LogP contribution in [0.1, 0.15) is 34.5 Å². The maximum absolute atomic E-state index is 13.2. The number of ether oxygens (including phenoxy) is 1. The summed E-state index contributed by atoms with van der Waals surface area (Å²) in [6.45, 7) is 1.87. The quantitative estimate of drug-likeness (QED) is 0.213. The number of hydrogen-bond acceptors (Lipinski definition) is 6. The highest BCUT2D eigenvalue weighted by Gasteiger charge is 2.47. The number of halogens is 1. The van der Waals surface area contributed by atoms with Gasteiger partial charge in [-0.15, -0.1) is 0 Å². The highest BCUT2D eigenvalue weighted by molar-refractivity contribution is 9.10. The molecule has 0 aliphatic carbocycles. The number of carbonyl (C=O) groups is 3. The first kappa shape index (κ1) is 23.3. The van der Waals surface area contributed by atoms with Gasteiger partial charge in [0, 0.05) is 15.7 Å². The number of aliphatic hydroxyl groups excluding tert-OH is 1. The van der Waals surface area contributed by atoms with Gasteiger partial charge in [0.15, 0.2) is 0 Å². The van der Waals surface area contributed by atoms with Crippen LogP contribution in [-0.2, 0) is 14.3 Å². The van der Waals surface area contributed by atoms with Crippen molar-refractivity contribution in [1.82, 2.24) is 0 Å². The average molecular weight is 522 g/mol. The van der Waals surface area contributed by atoms with Crippen LogP contribution in [0.4, 0.5) is 5.69 Å². The highest BCUT2D eigenvalue weighted by atomic mass is 79.9. The van der Waals surface area contributed by atoms with Crippen LogP contribution in [-0.4, -0.2) is 34.5 Å². The van der Waals surface area contributed by atoms with Gasteiger partial charge in [-0.05, 0) is 55.0 Å². The van der Waals surface area contributed by atoms with E-state index in [0.717, 1.165) is 4.47 Å². The standard InChI is InChI=1S/C26H20BrNO6/c1-2-34-26(33)17-6-3-7-19(13-17)28-22(16-5-4-8-20(29)14-16)21(24(31)25(28)32)23(30)15-9-11-18(27)12-10-15/h3-14,22,29-30H,2H2,1H3/b23-21+. The fourth-order valence-electron chi connectivity index (χ4n) is 3.87. The molecule has 1 aliphatic heterocycles. The van der Waals surface area contributed by atoms with Gasteiger partial charge in [-0.25, -0.2) is 4.79 Å². The van der Waals surface area contributed by atoms with E-state index < -0.39 is 23.7 Å². The minimum Gasteiger partial charge on any atom is -0.508 e. The Balaban J connectivity index is 1.91. The number of hydrogen-bond donors (Lipinski definition) is 2. The molecule has 172 valence electrons. The Morgan fingerprint density at radius 1 is 1.00 bits per heavy atom. The Morgan fingerprint density at radius 3 is 2.38 bits per heavy atom. The van der Waals surface area contributed by atoms with E-state index in [2.05, 4.69) is 15.9 Å². The molecule has 0 bridgehead atoms. The number of phenols is 1. The molecule has 3 aromatic rings. The van der Waals surface area contributed by atoms with Gasteiger partial charge in [0.1, 0.15) is 11.5 Å². The molecule has 1 saturated heterocycles. The number of rotatable bonds is 5. The molecule has 1 atom stereocenters. The van der Waals surface area contributed by atoms with E-state index in [1.807, 2.05) is 0 Å². The molecule has 0 radical (unpaired) electrons. The predicted molar refractivity (Wildman–Crippen MR) is 129 cm³/mol. The fourth-order valence-corrected chi connectivity index (χ4v) is 4.13. The summed E-state index contributed by atoms with van der Waals surface area (Å²) in [4.78, 5) is 39.9. The summed E-state index contributed by atoms with van der Waals surface area (Å²) in [5, 5.41) is 21.2. The van der Waals surface area contributed by atoms with E-state index in [1.165, 1.54) is 23.1 Å². The van der Waals surface area contributed by atoms with Gasteiger partial charge in [-0.1, -0.05) is 46.3 Å². The fraction of sp³-hybridized carbons (Fsp3) is 0.115. The molecule has 3 aromatic carbocycles. The molecule has 2 N–H and O–H groups in total. The molecular formula is C26H20BrNO6. The Bertz CT molecular complexity index is 1310. The Labute approximate surface area is 204 Å². The number of anilines is 1. The first-order valence-electron chi connectivity index (χ1n) is 10.4. The lowest BCUT2D eigenvalue weighted by molar-refractivity contribution is -0.132. The third-order valence-electron chi connectivity index (χ3n) is 5.38. The number of nitrogens with zero attached hydrogens (tertiary/aromatic N) is 1. The van der Waals surface area contributed by atoms with Crippen LogP contribution >= 0.6 is 15.9 Å². The van der Waals surface area contributed by atoms with Gasteiger partial charge in [0.05, 0.1) is 23.8 Å². The minimum absolute atomic E-state index is 0.0630. The summed E-state index contributed by atoms with van der Waals surface area (Å²) in [5.41, 5.74) is 1.13. The normalized spacial score (nSPS) is 17.1. The van der Waals surface area contributed by atoms with Crippen LogP contribution in [0.25, 0.3) is 5.76 Å². The average Bonchev–Trinajstić information content (AvgIpc) is 3.10. The van der Waals surface area contributed by atoms with Crippen LogP contribution in [0.15, 0.2) is 82.8 Å². The second-order valence-corrected chi connectivity index (χ2v) is 8.46. The van der Waals surface area contributed by atoms with E-state index >= 15 is 0 Å². The van der Waals surface area contributed by atoms with Crippen LogP contribution in [0.3, 0.4) is 0 Å². The molecule has 1 aliphatic rings. The molecular weight excluding hydrogens is 502 g/mol. The summed E-state index contributed by atoms with van der Waals surface area (Å²) in [7, 11) is 0. The van der Waals surface area contributed by atoms with Crippen molar-refractivity contribution in [3.05, 3.63) is 99.5 Å². The second kappa shape index (κ2) is 9.52. The topological polar surface area (TPSA) is 104 Å². The highest BCUT2D eigenvalue weighted by Crippen LogP contribution is 2.43. The van der Waals surface area contributed by atoms with Crippen molar-refractivity contribution in [3.8, 4) is 5.75 Å². The van der Waals surface area contributed by atoms with Gasteiger partial charge >= 0.3 is 5.97 Å². The van der Waals surface area contributed by atoms with Crippen molar-refractivity contribution >= 4 is 45.0 Å². The number of Topliss-reactive ketones (excluding diaryl/α,β-unsaturated/α-hetero) is 1. The summed E-state index contributed by atoms with van der Waals surface area (Å²) < 4.78 is 5.83. The Kier molecular flexibility index (Phi) is 6.51. The Hall–Kier alpha value is -3.91. The van der Waals surface area contributed by atoms with E-state index in [4.69, 9.17) is 4.74 Å². The van der Waals surface area contributed by atoms with Crippen molar-refractivity contribution < 1.29 is 29.3 Å². The molecule has 1 heterocycles. The lowest BCUT2D eigenvalue weighted by Crippen LogP contribution is -2.29. The SMILES string of the molecule is CCOC(=O)c1cccc(N2C(=O)C(=O)/C(=C(/O)c3ccc(Br)cc3)C2c2cccc(O)c2)c1. The molecule has 8 heteroatoms. The second-order valence-electron chi connectivity index (χ2n) is 7.54. The number of aliphatic hydroxyl groups is 1. The van der Waals surface area contributed by atoms with Crippen LogP contribution in [0.5, 0.6) is 5.75 Å². The van der Waals surface area contributed by atoms with Crippen molar-refractivity contribution in [1.29, 1.82) is 0 Å². The van der Waals surface area contributed by atoms with E-state index in [-0.39, 0.29) is 34.9 Å². The lowest BCUT2D eigenvalue weighted by atomic mass is 9.95. The number of esters is 1. The number of ketones is 1. The minimum atomic E-state index is -1.03. The monoisotopic (exact) mass is 521 g/mol. The number of amides is 1.